The first-order valence-corrected chi connectivity index (χ1v) is 20.3. The van der Waals surface area contributed by atoms with Crippen LogP contribution in [0.3, 0.4) is 0 Å². The molecule has 2 heterocycles. The number of nitrogens with two attached hydrogens (primary N) is 1. The number of phenolic OH excluding ortho intramolecular Hbond substituents is 2. The van der Waals surface area contributed by atoms with Crippen LogP contribution in [0, 0.1) is 13.8 Å². The van der Waals surface area contributed by atoms with Crippen molar-refractivity contribution >= 4 is 52.7 Å². The standard InChI is InChI=1S/C27H29NO11.C19H19N5O.ClH/c1-10-22(31)13(28)6-17(38-10)39-15-8-27(36,16(30)9-29)7-12-19(15)26(35)21-20(24(12)33)23(32)11-4-3-5-14(37-2)18(11)25(21)34;1-13-6-4-5-7-17(13)23-22-15-8-9-16(14(2)12-15)21-19(25)18-10-11-20-24(18)3;/h3-5,10,13,15,17,22,29,31,33,35-36H,6-9,28H2,1-2H3;4-12H,1-3H3,(H,21,25);1H. The molecule has 8 rings (SSSR count). The largest absolute Gasteiger partial charge is 0.507 e. The highest BCUT2D eigenvalue weighted by atomic mass is 35.5. The summed E-state index contributed by atoms with van der Waals surface area (Å²) in [7, 11) is 3.06. The van der Waals surface area contributed by atoms with E-state index in [0.717, 1.165) is 28.2 Å². The van der Waals surface area contributed by atoms with Gasteiger partial charge in [-0.2, -0.15) is 15.3 Å². The van der Waals surface area contributed by atoms with E-state index >= 15 is 0 Å². The second-order valence-corrected chi connectivity index (χ2v) is 15.9. The molecule has 6 atom stereocenters. The number of Topliss-reactive ketones (excluding diaryl/α,β-unsaturated/α-hetero) is 1. The number of hydrogen-bond donors (Lipinski definition) is 7. The maximum atomic E-state index is 13.6. The molecule has 8 N–H and O–H groups in total. The van der Waals surface area contributed by atoms with Crippen LogP contribution in [-0.2, 0) is 27.7 Å². The number of aromatic nitrogens is 2. The van der Waals surface area contributed by atoms with Crippen LogP contribution in [-0.4, -0.2) is 102 Å². The second-order valence-electron chi connectivity index (χ2n) is 15.9. The zero-order chi connectivity index (χ0) is 46.2. The van der Waals surface area contributed by atoms with E-state index in [9.17, 15) is 44.7 Å². The predicted molar refractivity (Wildman–Crippen MR) is 237 cm³/mol. The van der Waals surface area contributed by atoms with Gasteiger partial charge in [-0.25, -0.2) is 0 Å². The smallest absolute Gasteiger partial charge is 0.273 e. The number of nitrogens with one attached hydrogen (secondary N) is 1. The second kappa shape index (κ2) is 19.4. The van der Waals surface area contributed by atoms with Gasteiger partial charge in [-0.15, -0.1) is 12.4 Å². The third kappa shape index (κ3) is 9.28. The lowest BCUT2D eigenvalue weighted by molar-refractivity contribution is -0.247. The van der Waals surface area contributed by atoms with E-state index in [0.29, 0.717) is 5.69 Å². The highest BCUT2D eigenvalue weighted by Crippen LogP contribution is 2.52. The summed E-state index contributed by atoms with van der Waals surface area (Å²) in [5.41, 5.74) is 7.18. The summed E-state index contributed by atoms with van der Waals surface area (Å²) < 4.78 is 18.5. The molecule has 6 unspecified atom stereocenters. The van der Waals surface area contributed by atoms with Gasteiger partial charge in [-0.3, -0.25) is 23.9 Å². The molecule has 0 bridgehead atoms. The Morgan fingerprint density at radius 1 is 0.985 bits per heavy atom. The maximum absolute atomic E-state index is 13.6. The number of nitrogens with zero attached hydrogens (tertiary/aromatic N) is 4. The Balaban J connectivity index is 0.000000233. The lowest BCUT2D eigenvalue weighted by Crippen LogP contribution is -2.53. The fourth-order valence-electron chi connectivity index (χ4n) is 8.17. The van der Waals surface area contributed by atoms with Gasteiger partial charge < -0.3 is 50.8 Å². The summed E-state index contributed by atoms with van der Waals surface area (Å²) in [6.45, 7) is 4.48. The molecule has 0 radical (unpaired) electrons. The minimum absolute atomic E-state index is 0. The predicted octanol–water partition coefficient (Wildman–Crippen LogP) is 5.13. The number of aromatic hydroxyl groups is 2. The van der Waals surface area contributed by atoms with Gasteiger partial charge in [0, 0.05) is 60.9 Å². The molecular formula is C46H49ClN6O12. The van der Waals surface area contributed by atoms with Gasteiger partial charge in [-0.1, -0.05) is 30.3 Å². The molecule has 0 spiro atoms. The van der Waals surface area contributed by atoms with Crippen LogP contribution in [0.5, 0.6) is 17.2 Å². The number of fused-ring (bicyclic) bond motifs is 3. The van der Waals surface area contributed by atoms with E-state index in [1.807, 2.05) is 56.3 Å². The fourth-order valence-corrected chi connectivity index (χ4v) is 8.17. The van der Waals surface area contributed by atoms with Crippen LogP contribution >= 0.6 is 12.4 Å². The number of methoxy groups -OCH3 is 1. The monoisotopic (exact) mass is 912 g/mol. The summed E-state index contributed by atoms with van der Waals surface area (Å²) >= 11 is 0. The molecular weight excluding hydrogens is 864 g/mol. The summed E-state index contributed by atoms with van der Waals surface area (Å²) in [4.78, 5) is 52.0. The Morgan fingerprint density at radius 2 is 1.71 bits per heavy atom. The molecule has 4 aromatic carbocycles. The maximum Gasteiger partial charge on any atom is 0.273 e. The van der Waals surface area contributed by atoms with Crippen LogP contribution in [0.15, 0.2) is 83.2 Å². The van der Waals surface area contributed by atoms with Gasteiger partial charge >= 0.3 is 0 Å². The highest BCUT2D eigenvalue weighted by Gasteiger charge is 2.50. The average molecular weight is 913 g/mol. The van der Waals surface area contributed by atoms with Crippen molar-refractivity contribution in [1.82, 2.24) is 9.78 Å². The van der Waals surface area contributed by atoms with Crippen molar-refractivity contribution in [3.8, 4) is 17.2 Å². The number of aryl methyl sites for hydroxylation is 3. The number of ketones is 3. The number of rotatable bonds is 9. The van der Waals surface area contributed by atoms with Crippen LogP contribution in [0.4, 0.5) is 17.1 Å². The summed E-state index contributed by atoms with van der Waals surface area (Å²) in [6, 6.07) is 18.7. The minimum atomic E-state index is -2.24. The zero-order valence-corrected chi connectivity index (χ0v) is 36.8. The normalized spacial score (nSPS) is 22.1. The van der Waals surface area contributed by atoms with Gasteiger partial charge in [0.1, 0.15) is 35.2 Å². The molecule has 1 amide bonds. The fraction of sp³-hybridized carbons (Fsp3) is 0.326. The lowest BCUT2D eigenvalue weighted by Gasteiger charge is -2.42. The highest BCUT2D eigenvalue weighted by molar-refractivity contribution is 6.31. The van der Waals surface area contributed by atoms with Crippen LogP contribution in [0.25, 0.3) is 0 Å². The van der Waals surface area contributed by atoms with E-state index in [1.165, 1.54) is 30.0 Å². The van der Waals surface area contributed by atoms with Crippen molar-refractivity contribution in [2.24, 2.45) is 23.0 Å². The Bertz CT molecular complexity index is 2690. The first kappa shape index (κ1) is 48.1. The average Bonchev–Trinajstić information content (AvgIpc) is 3.71. The lowest BCUT2D eigenvalue weighted by atomic mass is 9.72. The van der Waals surface area contributed by atoms with E-state index in [1.54, 1.807) is 26.2 Å². The molecule has 1 aromatic heterocycles. The van der Waals surface area contributed by atoms with Gasteiger partial charge in [0.25, 0.3) is 5.91 Å². The van der Waals surface area contributed by atoms with Crippen molar-refractivity contribution in [3.63, 3.8) is 0 Å². The summed E-state index contributed by atoms with van der Waals surface area (Å²) in [5, 5.41) is 69.2. The van der Waals surface area contributed by atoms with E-state index in [2.05, 4.69) is 20.6 Å². The molecule has 19 heteroatoms. The molecule has 0 saturated carbocycles. The van der Waals surface area contributed by atoms with E-state index in [-0.39, 0.29) is 52.7 Å². The molecule has 3 aliphatic rings. The molecule has 65 heavy (non-hydrogen) atoms. The van der Waals surface area contributed by atoms with Crippen molar-refractivity contribution in [2.75, 3.05) is 19.0 Å². The third-order valence-electron chi connectivity index (χ3n) is 11.7. The SMILES string of the molecule is COc1cccc2c1C(=O)c1c(O)c3c(c(O)c1C2=O)CC(O)(C(=O)CO)CC3OC1CC(N)C(O)C(C)O1.Cc1ccccc1N=Nc1ccc(NC(=O)c2ccnn2C)c(C)c1.Cl. The Morgan fingerprint density at radius 3 is 2.35 bits per heavy atom. The van der Waals surface area contributed by atoms with Crippen molar-refractivity contribution in [1.29, 1.82) is 0 Å². The molecule has 1 aliphatic heterocycles. The molecule has 5 aromatic rings. The van der Waals surface area contributed by atoms with Gasteiger partial charge in [0.2, 0.25) is 5.78 Å². The number of carbonyl (C=O) groups excluding carboxylic acids is 4. The number of halogens is 1. The van der Waals surface area contributed by atoms with Crippen molar-refractivity contribution < 1.29 is 58.9 Å². The number of hydrogen-bond acceptors (Lipinski definition) is 16. The van der Waals surface area contributed by atoms with E-state index in [4.69, 9.17) is 19.9 Å². The molecule has 342 valence electrons. The Hall–Kier alpha value is -6.38. The number of aliphatic hydroxyl groups is 3. The molecule has 2 aliphatic carbocycles. The number of amides is 1. The molecule has 1 fully saturated rings. The number of ether oxygens (including phenoxy) is 3. The topological polar surface area (TPSA) is 278 Å². The molecule has 18 nitrogen and oxygen atoms in total. The van der Waals surface area contributed by atoms with Crippen molar-refractivity contribution in [3.05, 3.63) is 123 Å². The number of anilines is 1. The zero-order valence-electron chi connectivity index (χ0n) is 36.0. The number of aliphatic hydroxyl groups excluding tert-OH is 2. The quantitative estimate of drug-likeness (QED) is 0.0732. The number of azo groups is 1. The molecule has 1 saturated heterocycles. The van der Waals surface area contributed by atoms with E-state index < -0.39 is 95.7 Å². The minimum Gasteiger partial charge on any atom is -0.507 e. The van der Waals surface area contributed by atoms with Crippen molar-refractivity contribution in [2.45, 2.75) is 76.3 Å². The summed E-state index contributed by atoms with van der Waals surface area (Å²) in [5.74, 6) is -3.97. The third-order valence-corrected chi connectivity index (χ3v) is 11.7. The first-order chi connectivity index (χ1) is 30.5. The van der Waals surface area contributed by atoms with Crippen LogP contribution in [0.2, 0.25) is 0 Å². The van der Waals surface area contributed by atoms with Gasteiger partial charge in [0.15, 0.2) is 17.9 Å². The van der Waals surface area contributed by atoms with Gasteiger partial charge in [-0.05, 0) is 68.3 Å². The van der Waals surface area contributed by atoms with Crippen LogP contribution < -0.4 is 15.8 Å². The summed E-state index contributed by atoms with van der Waals surface area (Å²) in [6.07, 6.45) is -3.53. The number of phenols is 2. The first-order valence-electron chi connectivity index (χ1n) is 20.3. The Labute approximate surface area is 379 Å². The number of benzene rings is 4. The van der Waals surface area contributed by atoms with Gasteiger partial charge in [0.05, 0.1) is 53.5 Å². The number of carbonyl (C=O) groups is 4. The Kier molecular flexibility index (Phi) is 14.3. The van der Waals surface area contributed by atoms with Crippen LogP contribution in [0.1, 0.15) is 90.5 Å².